The number of rotatable bonds is 3. The highest BCUT2D eigenvalue weighted by atomic mass is 19.1. The number of nitrogens with zero attached hydrogens (tertiary/aromatic N) is 1. The summed E-state index contributed by atoms with van der Waals surface area (Å²) in [7, 11) is 0. The van der Waals surface area contributed by atoms with Gasteiger partial charge >= 0.3 is 0 Å². The zero-order valence-corrected chi connectivity index (χ0v) is 15.8. The number of aliphatic hydroxyl groups excluding tert-OH is 1. The number of hydrogen-bond donors (Lipinski definition) is 1. The Morgan fingerprint density at radius 2 is 1.76 bits per heavy atom. The van der Waals surface area contributed by atoms with Crippen molar-refractivity contribution in [1.82, 2.24) is 0 Å². The molecule has 0 radical (unpaired) electrons. The van der Waals surface area contributed by atoms with Crippen LogP contribution in [-0.4, -0.2) is 16.8 Å². The molecular formula is C23H18FNO4. The Kier molecular flexibility index (Phi) is 4.54. The third-order valence-corrected chi connectivity index (χ3v) is 4.89. The highest BCUT2D eigenvalue weighted by Gasteiger charge is 2.48. The first kappa shape index (κ1) is 18.7. The number of aliphatic hydroxyl groups is 1. The Bertz CT molecular complexity index is 1140. The third-order valence-electron chi connectivity index (χ3n) is 4.89. The molecule has 1 saturated heterocycles. The summed E-state index contributed by atoms with van der Waals surface area (Å²) in [4.78, 5) is 26.9. The van der Waals surface area contributed by atoms with E-state index in [1.165, 1.54) is 24.3 Å². The highest BCUT2D eigenvalue weighted by Crippen LogP contribution is 2.42. The predicted octanol–water partition coefficient (Wildman–Crippen LogP) is 4.66. The highest BCUT2D eigenvalue weighted by molar-refractivity contribution is 6.51. The van der Waals surface area contributed by atoms with Crippen LogP contribution in [0.15, 0.2) is 70.7 Å². The Balaban J connectivity index is 1.94. The number of hydrogen-bond acceptors (Lipinski definition) is 4. The molecule has 2 heterocycles. The van der Waals surface area contributed by atoms with Crippen LogP contribution >= 0.6 is 0 Å². The molecule has 0 saturated carbocycles. The number of anilines is 1. The summed E-state index contributed by atoms with van der Waals surface area (Å²) in [6, 6.07) is 14.7. The van der Waals surface area contributed by atoms with Crippen molar-refractivity contribution in [3.05, 3.63) is 94.7 Å². The average molecular weight is 391 g/mol. The van der Waals surface area contributed by atoms with E-state index in [0.717, 1.165) is 10.5 Å². The number of benzene rings is 2. The summed E-state index contributed by atoms with van der Waals surface area (Å²) in [5.41, 5.74) is 1.49. The minimum Gasteiger partial charge on any atom is -0.507 e. The fourth-order valence-electron chi connectivity index (χ4n) is 3.46. The van der Waals surface area contributed by atoms with Crippen LogP contribution in [0.25, 0.3) is 5.76 Å². The smallest absolute Gasteiger partial charge is 0.300 e. The van der Waals surface area contributed by atoms with E-state index >= 15 is 0 Å². The van der Waals surface area contributed by atoms with E-state index in [1.807, 2.05) is 6.92 Å². The van der Waals surface area contributed by atoms with Crippen molar-refractivity contribution in [3.8, 4) is 0 Å². The second kappa shape index (κ2) is 7.05. The van der Waals surface area contributed by atoms with Crippen molar-refractivity contribution in [3.63, 3.8) is 0 Å². The molecule has 3 aromatic rings. The Hall–Kier alpha value is -3.67. The number of furan rings is 1. The van der Waals surface area contributed by atoms with Gasteiger partial charge in [0, 0.05) is 11.3 Å². The minimum atomic E-state index is -1.01. The van der Waals surface area contributed by atoms with Crippen LogP contribution in [-0.2, 0) is 9.59 Å². The third kappa shape index (κ3) is 3.23. The Morgan fingerprint density at radius 3 is 2.38 bits per heavy atom. The van der Waals surface area contributed by atoms with Crippen molar-refractivity contribution >= 4 is 23.1 Å². The van der Waals surface area contributed by atoms with Gasteiger partial charge in [-0.1, -0.05) is 35.9 Å². The van der Waals surface area contributed by atoms with E-state index in [4.69, 9.17) is 4.42 Å². The quantitative estimate of drug-likeness (QED) is 0.400. The molecule has 29 heavy (non-hydrogen) atoms. The molecule has 0 spiro atoms. The number of amides is 1. The van der Waals surface area contributed by atoms with Crippen molar-refractivity contribution in [2.24, 2.45) is 0 Å². The number of halogens is 1. The van der Waals surface area contributed by atoms with Gasteiger partial charge in [-0.25, -0.2) is 4.39 Å². The van der Waals surface area contributed by atoms with Gasteiger partial charge in [-0.15, -0.1) is 0 Å². The largest absolute Gasteiger partial charge is 0.507 e. The van der Waals surface area contributed by atoms with E-state index in [9.17, 15) is 19.1 Å². The molecule has 2 aromatic carbocycles. The van der Waals surface area contributed by atoms with Crippen molar-refractivity contribution in [2.75, 3.05) is 4.90 Å². The molecule has 1 unspecified atom stereocenters. The first-order chi connectivity index (χ1) is 13.9. The summed E-state index contributed by atoms with van der Waals surface area (Å²) in [5, 5.41) is 10.9. The van der Waals surface area contributed by atoms with Gasteiger partial charge in [0.25, 0.3) is 11.7 Å². The fraction of sp³-hybridized carbons (Fsp3) is 0.130. The second-order valence-corrected chi connectivity index (χ2v) is 6.96. The maximum Gasteiger partial charge on any atom is 0.300 e. The molecule has 0 bridgehead atoms. The van der Waals surface area contributed by atoms with Gasteiger partial charge < -0.3 is 9.52 Å². The van der Waals surface area contributed by atoms with Gasteiger partial charge in [0.2, 0.25) is 0 Å². The Labute approximate surface area is 166 Å². The monoisotopic (exact) mass is 391 g/mol. The molecule has 1 N–H and O–H groups in total. The summed E-state index contributed by atoms with van der Waals surface area (Å²) >= 11 is 0. The van der Waals surface area contributed by atoms with E-state index in [-0.39, 0.29) is 17.0 Å². The SMILES string of the molecule is Cc1ccc(/C(O)=C2/C(=O)C(=O)N(c3cccc(F)c3)C2c2ccc(C)o2)cc1. The van der Waals surface area contributed by atoms with Crippen molar-refractivity contribution in [1.29, 1.82) is 0 Å². The van der Waals surface area contributed by atoms with Crippen molar-refractivity contribution in [2.45, 2.75) is 19.9 Å². The number of aryl methyl sites for hydroxylation is 2. The van der Waals surface area contributed by atoms with Gasteiger partial charge in [0.05, 0.1) is 5.57 Å². The number of carbonyl (C=O) groups is 2. The van der Waals surface area contributed by atoms with Gasteiger partial charge in [-0.3, -0.25) is 14.5 Å². The van der Waals surface area contributed by atoms with E-state index < -0.39 is 23.5 Å². The van der Waals surface area contributed by atoms with Crippen LogP contribution in [0, 0.1) is 19.7 Å². The summed E-state index contributed by atoms with van der Waals surface area (Å²) in [6.45, 7) is 3.64. The molecule has 5 nitrogen and oxygen atoms in total. The van der Waals surface area contributed by atoms with Crippen LogP contribution in [0.5, 0.6) is 0 Å². The summed E-state index contributed by atoms with van der Waals surface area (Å²) in [5.74, 6) is -1.67. The molecule has 1 atom stereocenters. The first-order valence-corrected chi connectivity index (χ1v) is 9.07. The first-order valence-electron chi connectivity index (χ1n) is 9.07. The second-order valence-electron chi connectivity index (χ2n) is 6.96. The van der Waals surface area contributed by atoms with Gasteiger partial charge in [-0.05, 0) is 44.2 Å². The van der Waals surface area contributed by atoms with Gasteiger partial charge in [0.15, 0.2) is 0 Å². The lowest BCUT2D eigenvalue weighted by molar-refractivity contribution is -0.132. The van der Waals surface area contributed by atoms with Crippen LogP contribution in [0.2, 0.25) is 0 Å². The molecule has 1 aromatic heterocycles. The number of carbonyl (C=O) groups excluding carboxylic acids is 2. The van der Waals surface area contributed by atoms with Crippen LogP contribution in [0.4, 0.5) is 10.1 Å². The van der Waals surface area contributed by atoms with Crippen LogP contribution in [0.1, 0.15) is 28.7 Å². The average Bonchev–Trinajstić information content (AvgIpc) is 3.23. The lowest BCUT2D eigenvalue weighted by atomic mass is 9.98. The molecule has 1 aliphatic rings. The molecule has 146 valence electrons. The van der Waals surface area contributed by atoms with E-state index in [1.54, 1.807) is 43.3 Å². The van der Waals surface area contributed by atoms with Crippen LogP contribution < -0.4 is 4.90 Å². The zero-order chi connectivity index (χ0) is 20.7. The van der Waals surface area contributed by atoms with E-state index in [2.05, 4.69) is 0 Å². The van der Waals surface area contributed by atoms with Gasteiger partial charge in [-0.2, -0.15) is 0 Å². The molecule has 4 rings (SSSR count). The predicted molar refractivity (Wildman–Crippen MR) is 106 cm³/mol. The van der Waals surface area contributed by atoms with Gasteiger partial charge in [0.1, 0.15) is 29.1 Å². The molecule has 1 fully saturated rings. The molecule has 1 amide bonds. The molecular weight excluding hydrogens is 373 g/mol. The standard InChI is InChI=1S/C23H18FNO4/c1-13-6-9-15(10-7-13)21(26)19-20(18-11-8-14(2)29-18)25(23(28)22(19)27)17-5-3-4-16(24)12-17/h3-12,20,26H,1-2H3/b21-19-. The van der Waals surface area contributed by atoms with Crippen LogP contribution in [0.3, 0.4) is 0 Å². The summed E-state index contributed by atoms with van der Waals surface area (Å²) in [6.07, 6.45) is 0. The fourth-order valence-corrected chi connectivity index (χ4v) is 3.46. The molecule has 1 aliphatic heterocycles. The number of Topliss-reactive ketones (excluding diaryl/α,β-unsaturated/α-hetero) is 1. The lowest BCUT2D eigenvalue weighted by Gasteiger charge is -2.23. The zero-order valence-electron chi connectivity index (χ0n) is 15.8. The normalized spacial score (nSPS) is 18.4. The summed E-state index contributed by atoms with van der Waals surface area (Å²) < 4.78 is 19.5. The van der Waals surface area contributed by atoms with Crippen molar-refractivity contribution < 1.29 is 23.5 Å². The molecule has 0 aliphatic carbocycles. The minimum absolute atomic E-state index is 0.0996. The maximum absolute atomic E-state index is 13.8. The maximum atomic E-state index is 13.8. The van der Waals surface area contributed by atoms with E-state index in [0.29, 0.717) is 17.1 Å². The molecule has 6 heteroatoms. The topological polar surface area (TPSA) is 70.8 Å². The lowest BCUT2D eigenvalue weighted by Crippen LogP contribution is -2.29. The Morgan fingerprint density at radius 1 is 1.03 bits per heavy atom. The number of ketones is 1.